The minimum Gasteiger partial charge on any atom is -0.374 e. The summed E-state index contributed by atoms with van der Waals surface area (Å²) in [6, 6.07) is 0. The Morgan fingerprint density at radius 1 is 0.900 bits per heavy atom. The monoisotopic (exact) mass is 308 g/mol. The summed E-state index contributed by atoms with van der Waals surface area (Å²) in [5, 5.41) is 0. The van der Waals surface area contributed by atoms with Gasteiger partial charge in [-0.3, -0.25) is 4.55 Å². The van der Waals surface area contributed by atoms with E-state index in [4.69, 9.17) is 9.29 Å². The molecule has 0 heterocycles. The van der Waals surface area contributed by atoms with Crippen LogP contribution in [0.15, 0.2) is 0 Å². The summed E-state index contributed by atoms with van der Waals surface area (Å²) in [4.78, 5) is 0. The van der Waals surface area contributed by atoms with Crippen LogP contribution in [0.1, 0.15) is 78.6 Å². The molecule has 20 heavy (non-hydrogen) atoms. The van der Waals surface area contributed by atoms with Crippen LogP contribution in [-0.4, -0.2) is 30.9 Å². The van der Waals surface area contributed by atoms with E-state index in [1.54, 1.807) is 6.92 Å². The molecular weight excluding hydrogens is 276 g/mol. The molecule has 0 aliphatic rings. The Balaban J connectivity index is 3.47. The highest BCUT2D eigenvalue weighted by Gasteiger charge is 2.15. The van der Waals surface area contributed by atoms with E-state index in [2.05, 4.69) is 6.92 Å². The molecule has 0 spiro atoms. The van der Waals surface area contributed by atoms with E-state index in [9.17, 15) is 8.42 Å². The van der Waals surface area contributed by atoms with Gasteiger partial charge in [-0.15, -0.1) is 0 Å². The van der Waals surface area contributed by atoms with Gasteiger partial charge in [0.15, 0.2) is 0 Å². The molecule has 4 nitrogen and oxygen atoms in total. The minimum absolute atomic E-state index is 0.0480. The molecule has 0 aliphatic heterocycles. The van der Waals surface area contributed by atoms with E-state index >= 15 is 0 Å². The first-order valence-electron chi connectivity index (χ1n) is 7.95. The van der Waals surface area contributed by atoms with Crippen molar-refractivity contribution in [3.63, 3.8) is 0 Å². The van der Waals surface area contributed by atoms with Gasteiger partial charge in [-0.25, -0.2) is 0 Å². The first-order valence-corrected chi connectivity index (χ1v) is 9.56. The lowest BCUT2D eigenvalue weighted by Crippen LogP contribution is -2.24. The van der Waals surface area contributed by atoms with Gasteiger partial charge in [0.25, 0.3) is 10.1 Å². The van der Waals surface area contributed by atoms with Crippen LogP contribution in [-0.2, 0) is 14.9 Å². The Bertz CT molecular complexity index is 314. The van der Waals surface area contributed by atoms with Crippen LogP contribution in [0.3, 0.4) is 0 Å². The van der Waals surface area contributed by atoms with Crippen molar-refractivity contribution in [1.82, 2.24) is 0 Å². The summed E-state index contributed by atoms with van der Waals surface area (Å²) >= 11 is 0. The maximum Gasteiger partial charge on any atom is 0.267 e. The van der Waals surface area contributed by atoms with Crippen LogP contribution in [0.5, 0.6) is 0 Å². The summed E-state index contributed by atoms with van der Waals surface area (Å²) < 4.78 is 35.7. The molecule has 5 heteroatoms. The molecule has 2 unspecified atom stereocenters. The molecule has 0 bridgehead atoms. The van der Waals surface area contributed by atoms with Crippen LogP contribution >= 0.6 is 0 Å². The van der Waals surface area contributed by atoms with Crippen LogP contribution in [0, 0.1) is 0 Å². The highest BCUT2D eigenvalue weighted by molar-refractivity contribution is 7.85. The van der Waals surface area contributed by atoms with Gasteiger partial charge in [-0.2, -0.15) is 8.42 Å². The quantitative estimate of drug-likeness (QED) is 0.409. The Labute approximate surface area is 125 Å². The SMILES string of the molecule is CCCCCCCCCCC(C)OC(C)CS(=O)(=O)O. The van der Waals surface area contributed by atoms with Crippen molar-refractivity contribution in [1.29, 1.82) is 0 Å². The zero-order valence-corrected chi connectivity index (χ0v) is 14.1. The molecular formula is C15H32O4S. The molecule has 0 aromatic heterocycles. The Morgan fingerprint density at radius 3 is 1.90 bits per heavy atom. The molecule has 0 rings (SSSR count). The second-order valence-corrected chi connectivity index (χ2v) is 7.27. The van der Waals surface area contributed by atoms with Gasteiger partial charge in [-0.05, 0) is 20.3 Å². The number of rotatable bonds is 13. The van der Waals surface area contributed by atoms with Gasteiger partial charge >= 0.3 is 0 Å². The molecule has 0 fully saturated rings. The molecule has 0 saturated heterocycles. The van der Waals surface area contributed by atoms with E-state index in [0.29, 0.717) is 0 Å². The summed E-state index contributed by atoms with van der Waals surface area (Å²) in [6.45, 7) is 5.87. The lowest BCUT2D eigenvalue weighted by Gasteiger charge is -2.18. The topological polar surface area (TPSA) is 63.6 Å². The fraction of sp³-hybridized carbons (Fsp3) is 1.00. The molecule has 0 amide bonds. The van der Waals surface area contributed by atoms with Crippen molar-refractivity contribution < 1.29 is 17.7 Å². The highest BCUT2D eigenvalue weighted by atomic mass is 32.2. The predicted molar refractivity (Wildman–Crippen MR) is 83.7 cm³/mol. The molecule has 1 N–H and O–H groups in total. The van der Waals surface area contributed by atoms with Gasteiger partial charge in [0.05, 0.1) is 12.2 Å². The van der Waals surface area contributed by atoms with E-state index in [0.717, 1.165) is 12.8 Å². The first-order chi connectivity index (χ1) is 9.35. The van der Waals surface area contributed by atoms with Crippen LogP contribution in [0.25, 0.3) is 0 Å². The molecule has 0 saturated carbocycles. The zero-order chi connectivity index (χ0) is 15.4. The normalized spacial score (nSPS) is 15.2. The Kier molecular flexibility index (Phi) is 11.4. The summed E-state index contributed by atoms with van der Waals surface area (Å²) in [6.07, 6.45) is 10.8. The van der Waals surface area contributed by atoms with Gasteiger partial charge in [-0.1, -0.05) is 58.3 Å². The Hall–Kier alpha value is -0.130. The Morgan fingerprint density at radius 2 is 1.40 bits per heavy atom. The van der Waals surface area contributed by atoms with Crippen molar-refractivity contribution in [2.75, 3.05) is 5.75 Å². The van der Waals surface area contributed by atoms with Crippen molar-refractivity contribution in [3.8, 4) is 0 Å². The maximum atomic E-state index is 10.7. The van der Waals surface area contributed by atoms with E-state index in [1.165, 1.54) is 44.9 Å². The zero-order valence-electron chi connectivity index (χ0n) is 13.3. The molecule has 2 atom stereocenters. The predicted octanol–water partition coefficient (Wildman–Crippen LogP) is 4.20. The summed E-state index contributed by atoms with van der Waals surface area (Å²) in [7, 11) is -3.93. The standard InChI is InChI=1S/C15H32O4S/c1-4-5-6-7-8-9-10-11-12-14(2)19-15(3)13-20(16,17)18/h14-15H,4-13H2,1-3H3,(H,16,17,18). The average Bonchev–Trinajstić information content (AvgIpc) is 2.30. The molecule has 0 aliphatic carbocycles. The number of unbranched alkanes of at least 4 members (excludes halogenated alkanes) is 7. The third-order valence-electron chi connectivity index (χ3n) is 3.37. The average molecular weight is 308 g/mol. The van der Waals surface area contributed by atoms with Gasteiger partial charge < -0.3 is 4.74 Å². The van der Waals surface area contributed by atoms with Gasteiger partial charge in [0.2, 0.25) is 0 Å². The highest BCUT2D eigenvalue weighted by Crippen LogP contribution is 2.13. The number of ether oxygens (including phenoxy) is 1. The van der Waals surface area contributed by atoms with Crippen LogP contribution < -0.4 is 0 Å². The largest absolute Gasteiger partial charge is 0.374 e. The van der Waals surface area contributed by atoms with Gasteiger partial charge in [0, 0.05) is 0 Å². The van der Waals surface area contributed by atoms with Crippen LogP contribution in [0.4, 0.5) is 0 Å². The van der Waals surface area contributed by atoms with E-state index < -0.39 is 16.2 Å². The fourth-order valence-corrected chi connectivity index (χ4v) is 3.04. The molecule has 0 aromatic rings. The molecule has 0 radical (unpaired) electrons. The third kappa shape index (κ3) is 14.3. The number of hydrogen-bond donors (Lipinski definition) is 1. The van der Waals surface area contributed by atoms with Crippen LogP contribution in [0.2, 0.25) is 0 Å². The van der Waals surface area contributed by atoms with Gasteiger partial charge in [0.1, 0.15) is 5.75 Å². The fourth-order valence-electron chi connectivity index (χ4n) is 2.37. The second-order valence-electron chi connectivity index (χ2n) is 5.77. The second kappa shape index (κ2) is 11.5. The van der Waals surface area contributed by atoms with Crippen molar-refractivity contribution in [3.05, 3.63) is 0 Å². The number of hydrogen-bond acceptors (Lipinski definition) is 3. The van der Waals surface area contributed by atoms with Crippen molar-refractivity contribution >= 4 is 10.1 Å². The summed E-state index contributed by atoms with van der Waals surface area (Å²) in [5.41, 5.74) is 0. The molecule has 0 aromatic carbocycles. The third-order valence-corrected chi connectivity index (χ3v) is 4.26. The minimum atomic E-state index is -3.93. The maximum absolute atomic E-state index is 10.7. The van der Waals surface area contributed by atoms with Crippen molar-refractivity contribution in [2.24, 2.45) is 0 Å². The smallest absolute Gasteiger partial charge is 0.267 e. The summed E-state index contributed by atoms with van der Waals surface area (Å²) in [5.74, 6) is -0.325. The lowest BCUT2D eigenvalue weighted by atomic mass is 10.1. The van der Waals surface area contributed by atoms with E-state index in [-0.39, 0.29) is 11.9 Å². The van der Waals surface area contributed by atoms with E-state index in [1.807, 2.05) is 6.92 Å². The molecule has 122 valence electrons. The lowest BCUT2D eigenvalue weighted by molar-refractivity contribution is 0.0142. The first kappa shape index (κ1) is 19.9. The van der Waals surface area contributed by atoms with Crippen molar-refractivity contribution in [2.45, 2.75) is 90.8 Å².